The number of anilines is 2. The molecule has 1 fully saturated rings. The number of hydrogen-bond acceptors (Lipinski definition) is 6. The second kappa shape index (κ2) is 7.10. The maximum absolute atomic E-state index is 11.8. The fourth-order valence-electron chi connectivity index (χ4n) is 3.42. The molecular weight excluding hydrogens is 335 g/mol. The lowest BCUT2D eigenvalue weighted by atomic mass is 9.73. The molecule has 2 aliphatic rings. The first-order chi connectivity index (χ1) is 12.6. The standard InChI is InChI=1S/C17H21BN4O4/c19-16(23)14-9-22(13-2-1-6-25-10-13)21-17(14)20-12-4-3-11-5-7-26-18(24)15(11)8-12/h3-4,8-9,13,24H,1-2,5-7,10H2,(H2,19,23)(H,20,21). The lowest BCUT2D eigenvalue weighted by Crippen LogP contribution is -2.41. The third-order valence-corrected chi connectivity index (χ3v) is 4.83. The fraction of sp³-hybridized carbons (Fsp3) is 0.412. The summed E-state index contributed by atoms with van der Waals surface area (Å²) in [7, 11) is -0.937. The molecular formula is C17H21BN4O4. The second-order valence-corrected chi connectivity index (χ2v) is 6.62. The van der Waals surface area contributed by atoms with E-state index < -0.39 is 13.0 Å². The smallest absolute Gasteiger partial charge is 0.423 e. The Bertz CT molecular complexity index is 819. The first-order valence-electron chi connectivity index (χ1n) is 8.78. The number of nitrogens with one attached hydrogen (secondary N) is 1. The van der Waals surface area contributed by atoms with Crippen LogP contribution in [0.3, 0.4) is 0 Å². The molecule has 0 bridgehead atoms. The van der Waals surface area contributed by atoms with Crippen molar-refractivity contribution in [3.63, 3.8) is 0 Å². The van der Waals surface area contributed by atoms with Gasteiger partial charge in [0, 0.05) is 25.1 Å². The highest BCUT2D eigenvalue weighted by Crippen LogP contribution is 2.25. The van der Waals surface area contributed by atoms with Crippen LogP contribution < -0.4 is 16.5 Å². The summed E-state index contributed by atoms with van der Waals surface area (Å²) in [6, 6.07) is 5.74. The first kappa shape index (κ1) is 17.1. The van der Waals surface area contributed by atoms with Crippen molar-refractivity contribution < 1.29 is 19.2 Å². The maximum Gasteiger partial charge on any atom is 0.491 e. The molecule has 1 unspecified atom stereocenters. The Hall–Kier alpha value is -2.36. The molecule has 1 aromatic carbocycles. The number of amides is 1. The predicted molar refractivity (Wildman–Crippen MR) is 96.8 cm³/mol. The van der Waals surface area contributed by atoms with Crippen LogP contribution in [-0.4, -0.2) is 47.7 Å². The van der Waals surface area contributed by atoms with Gasteiger partial charge in [-0.3, -0.25) is 9.48 Å². The zero-order chi connectivity index (χ0) is 18.1. The number of fused-ring (bicyclic) bond motifs is 1. The topological polar surface area (TPSA) is 112 Å². The van der Waals surface area contributed by atoms with Gasteiger partial charge in [0.2, 0.25) is 0 Å². The summed E-state index contributed by atoms with van der Waals surface area (Å²) in [5, 5.41) is 17.7. The average Bonchev–Trinajstić information content (AvgIpc) is 3.07. The van der Waals surface area contributed by atoms with Gasteiger partial charge < -0.3 is 25.5 Å². The van der Waals surface area contributed by atoms with Crippen molar-refractivity contribution in [3.05, 3.63) is 35.5 Å². The number of primary amides is 1. The molecule has 2 aliphatic heterocycles. The summed E-state index contributed by atoms with van der Waals surface area (Å²) < 4.78 is 12.5. The van der Waals surface area contributed by atoms with Crippen LogP contribution in [-0.2, 0) is 15.8 Å². The number of carbonyl (C=O) groups excluding carboxylic acids is 1. The number of hydrogen-bond donors (Lipinski definition) is 3. The number of benzene rings is 1. The molecule has 2 aromatic rings. The van der Waals surface area contributed by atoms with Crippen molar-refractivity contribution in [2.45, 2.75) is 25.3 Å². The first-order valence-corrected chi connectivity index (χ1v) is 8.78. The number of nitrogens with zero attached hydrogens (tertiary/aromatic N) is 2. The van der Waals surface area contributed by atoms with E-state index in [-0.39, 0.29) is 6.04 Å². The van der Waals surface area contributed by atoms with Crippen LogP contribution in [0.15, 0.2) is 24.4 Å². The predicted octanol–water partition coefficient (Wildman–Crippen LogP) is 0.337. The Balaban J connectivity index is 1.62. The van der Waals surface area contributed by atoms with E-state index in [0.717, 1.165) is 36.9 Å². The molecule has 1 saturated heterocycles. The molecule has 1 atom stereocenters. The van der Waals surface area contributed by atoms with Crippen LogP contribution in [0.4, 0.5) is 11.5 Å². The largest absolute Gasteiger partial charge is 0.491 e. The minimum Gasteiger partial charge on any atom is -0.423 e. The summed E-state index contributed by atoms with van der Waals surface area (Å²) in [5.41, 5.74) is 8.33. The third kappa shape index (κ3) is 3.33. The van der Waals surface area contributed by atoms with Gasteiger partial charge in [-0.1, -0.05) is 6.07 Å². The molecule has 4 N–H and O–H groups in total. The minimum absolute atomic E-state index is 0.0937. The van der Waals surface area contributed by atoms with Crippen molar-refractivity contribution in [2.24, 2.45) is 5.73 Å². The van der Waals surface area contributed by atoms with Gasteiger partial charge in [0.25, 0.3) is 5.91 Å². The molecule has 4 rings (SSSR count). The van der Waals surface area contributed by atoms with Gasteiger partial charge >= 0.3 is 7.12 Å². The zero-order valence-electron chi connectivity index (χ0n) is 14.4. The Morgan fingerprint density at radius 2 is 2.31 bits per heavy atom. The van der Waals surface area contributed by atoms with Gasteiger partial charge in [-0.15, -0.1) is 0 Å². The van der Waals surface area contributed by atoms with Gasteiger partial charge in [0.05, 0.1) is 12.6 Å². The molecule has 1 aromatic heterocycles. The monoisotopic (exact) mass is 356 g/mol. The van der Waals surface area contributed by atoms with Crippen molar-refractivity contribution in [1.29, 1.82) is 0 Å². The van der Waals surface area contributed by atoms with E-state index in [4.69, 9.17) is 15.1 Å². The van der Waals surface area contributed by atoms with Crippen LogP contribution in [0.25, 0.3) is 0 Å². The number of ether oxygens (including phenoxy) is 1. The average molecular weight is 356 g/mol. The van der Waals surface area contributed by atoms with E-state index in [9.17, 15) is 9.82 Å². The number of carbonyl (C=O) groups is 1. The highest BCUT2D eigenvalue weighted by atomic mass is 16.5. The van der Waals surface area contributed by atoms with E-state index in [2.05, 4.69) is 10.4 Å². The molecule has 9 heteroatoms. The fourth-order valence-corrected chi connectivity index (χ4v) is 3.42. The quantitative estimate of drug-likeness (QED) is 0.681. The number of rotatable bonds is 4. The molecule has 0 radical (unpaired) electrons. The zero-order valence-corrected chi connectivity index (χ0v) is 14.4. The summed E-state index contributed by atoms with van der Waals surface area (Å²) in [4.78, 5) is 11.8. The van der Waals surface area contributed by atoms with Gasteiger partial charge in [0.1, 0.15) is 5.56 Å². The lowest BCUT2D eigenvalue weighted by Gasteiger charge is -2.22. The van der Waals surface area contributed by atoms with Gasteiger partial charge in [-0.2, -0.15) is 5.10 Å². The van der Waals surface area contributed by atoms with Crippen LogP contribution in [0.2, 0.25) is 0 Å². The Labute approximate surface area is 151 Å². The van der Waals surface area contributed by atoms with Gasteiger partial charge in [-0.05, 0) is 42.4 Å². The highest BCUT2D eigenvalue weighted by Gasteiger charge is 2.26. The van der Waals surface area contributed by atoms with Crippen LogP contribution in [0, 0.1) is 0 Å². The van der Waals surface area contributed by atoms with Crippen LogP contribution in [0.1, 0.15) is 34.8 Å². The van der Waals surface area contributed by atoms with Gasteiger partial charge in [0.15, 0.2) is 5.82 Å². The Morgan fingerprint density at radius 3 is 3.08 bits per heavy atom. The second-order valence-electron chi connectivity index (χ2n) is 6.62. The highest BCUT2D eigenvalue weighted by molar-refractivity contribution is 6.61. The molecule has 26 heavy (non-hydrogen) atoms. The van der Waals surface area contributed by atoms with E-state index >= 15 is 0 Å². The van der Waals surface area contributed by atoms with Crippen molar-refractivity contribution in [2.75, 3.05) is 25.1 Å². The Kier molecular flexibility index (Phi) is 4.67. The molecule has 3 heterocycles. The molecule has 8 nitrogen and oxygen atoms in total. The SMILES string of the molecule is NC(=O)c1cn(C2CCCOC2)nc1Nc1ccc2c(c1)B(O)OCC2. The van der Waals surface area contributed by atoms with Crippen molar-refractivity contribution in [1.82, 2.24) is 9.78 Å². The molecule has 0 spiro atoms. The molecule has 1 amide bonds. The number of nitrogens with two attached hydrogens (primary N) is 1. The normalized spacial score (nSPS) is 19.9. The van der Waals surface area contributed by atoms with Crippen LogP contribution in [0.5, 0.6) is 0 Å². The number of aromatic nitrogens is 2. The Morgan fingerprint density at radius 1 is 1.42 bits per heavy atom. The lowest BCUT2D eigenvalue weighted by molar-refractivity contribution is 0.0550. The van der Waals surface area contributed by atoms with Crippen molar-refractivity contribution >= 4 is 30.0 Å². The van der Waals surface area contributed by atoms with Crippen LogP contribution >= 0.6 is 0 Å². The third-order valence-electron chi connectivity index (χ3n) is 4.83. The molecule has 136 valence electrons. The summed E-state index contributed by atoms with van der Waals surface area (Å²) in [6.45, 7) is 1.83. The van der Waals surface area contributed by atoms with Gasteiger partial charge in [-0.25, -0.2) is 0 Å². The van der Waals surface area contributed by atoms with E-state index in [1.54, 1.807) is 10.9 Å². The van der Waals surface area contributed by atoms with Crippen molar-refractivity contribution in [3.8, 4) is 0 Å². The molecule has 0 aliphatic carbocycles. The van der Waals surface area contributed by atoms with E-state index in [1.165, 1.54) is 0 Å². The molecule has 0 saturated carbocycles. The minimum atomic E-state index is -0.937. The van der Waals surface area contributed by atoms with E-state index in [1.807, 2.05) is 18.2 Å². The summed E-state index contributed by atoms with van der Waals surface area (Å²) >= 11 is 0. The summed E-state index contributed by atoms with van der Waals surface area (Å²) in [5.74, 6) is -0.147. The maximum atomic E-state index is 11.8. The van der Waals surface area contributed by atoms with E-state index in [0.29, 0.717) is 30.3 Å². The summed E-state index contributed by atoms with van der Waals surface area (Å²) in [6.07, 6.45) is 4.33.